The van der Waals surface area contributed by atoms with Crippen LogP contribution < -0.4 is 0 Å². The summed E-state index contributed by atoms with van der Waals surface area (Å²) in [7, 11) is 0. The van der Waals surface area contributed by atoms with Gasteiger partial charge in [0, 0.05) is 17.6 Å². The number of carbonyl (C=O) groups is 1. The van der Waals surface area contributed by atoms with Crippen molar-refractivity contribution in [2.24, 2.45) is 0 Å². The standard InChI is InChI=1S/C13H14N2OS/c1-2-15-9-11(8-14-15)13(16)10-17-12-6-4-3-5-7-12/h3-9H,2,10H2,1H3. The predicted octanol–water partition coefficient (Wildman–Crippen LogP) is 2.88. The molecular weight excluding hydrogens is 232 g/mol. The van der Waals surface area contributed by atoms with E-state index in [9.17, 15) is 4.79 Å². The molecule has 1 heterocycles. The van der Waals surface area contributed by atoms with Gasteiger partial charge in [-0.15, -0.1) is 11.8 Å². The van der Waals surface area contributed by atoms with Crippen LogP contribution in [0.4, 0.5) is 0 Å². The summed E-state index contributed by atoms with van der Waals surface area (Å²) in [6, 6.07) is 9.93. The van der Waals surface area contributed by atoms with E-state index in [2.05, 4.69) is 5.10 Å². The zero-order chi connectivity index (χ0) is 12.1. The second-order valence-corrected chi connectivity index (χ2v) is 4.66. The third kappa shape index (κ3) is 3.20. The highest BCUT2D eigenvalue weighted by atomic mass is 32.2. The van der Waals surface area contributed by atoms with Crippen LogP contribution in [-0.2, 0) is 6.54 Å². The zero-order valence-corrected chi connectivity index (χ0v) is 10.5. The number of Topliss-reactive ketones (excluding diaryl/α,β-unsaturated/α-hetero) is 1. The summed E-state index contributed by atoms with van der Waals surface area (Å²) < 4.78 is 1.76. The van der Waals surface area contributed by atoms with Crippen LogP contribution in [0.1, 0.15) is 17.3 Å². The maximum atomic E-state index is 11.9. The number of benzene rings is 1. The maximum Gasteiger partial charge on any atom is 0.176 e. The molecule has 0 spiro atoms. The van der Waals surface area contributed by atoms with Gasteiger partial charge in [-0.25, -0.2) is 0 Å². The SMILES string of the molecule is CCn1cc(C(=O)CSc2ccccc2)cn1. The van der Waals surface area contributed by atoms with Gasteiger partial charge in [0.05, 0.1) is 17.5 Å². The number of hydrogen-bond acceptors (Lipinski definition) is 3. The number of thioether (sulfide) groups is 1. The average molecular weight is 246 g/mol. The molecule has 0 radical (unpaired) electrons. The number of hydrogen-bond donors (Lipinski definition) is 0. The number of rotatable bonds is 5. The van der Waals surface area contributed by atoms with Crippen molar-refractivity contribution in [3.8, 4) is 0 Å². The van der Waals surface area contributed by atoms with E-state index < -0.39 is 0 Å². The summed E-state index contributed by atoms with van der Waals surface area (Å²) in [5.74, 6) is 0.581. The monoisotopic (exact) mass is 246 g/mol. The zero-order valence-electron chi connectivity index (χ0n) is 9.67. The van der Waals surface area contributed by atoms with E-state index >= 15 is 0 Å². The fourth-order valence-corrected chi connectivity index (χ4v) is 2.24. The lowest BCUT2D eigenvalue weighted by molar-refractivity contribution is 0.102. The summed E-state index contributed by atoms with van der Waals surface area (Å²) in [6.45, 7) is 2.79. The fraction of sp³-hybridized carbons (Fsp3) is 0.231. The molecule has 0 amide bonds. The largest absolute Gasteiger partial charge is 0.293 e. The smallest absolute Gasteiger partial charge is 0.176 e. The van der Waals surface area contributed by atoms with E-state index in [1.807, 2.05) is 37.3 Å². The molecule has 2 rings (SSSR count). The summed E-state index contributed by atoms with van der Waals surface area (Å²) >= 11 is 1.55. The molecule has 0 N–H and O–H groups in total. The average Bonchev–Trinajstić information content (AvgIpc) is 2.86. The minimum absolute atomic E-state index is 0.124. The first-order chi connectivity index (χ1) is 8.29. The quantitative estimate of drug-likeness (QED) is 0.601. The minimum Gasteiger partial charge on any atom is -0.293 e. The lowest BCUT2D eigenvalue weighted by Crippen LogP contribution is -2.01. The van der Waals surface area contributed by atoms with Crippen molar-refractivity contribution in [3.05, 3.63) is 48.3 Å². The van der Waals surface area contributed by atoms with Gasteiger partial charge in [-0.1, -0.05) is 18.2 Å². The predicted molar refractivity (Wildman–Crippen MR) is 69.4 cm³/mol. The summed E-state index contributed by atoms with van der Waals surface area (Å²) in [4.78, 5) is 13.0. The Hall–Kier alpha value is -1.55. The molecular formula is C13H14N2OS. The highest BCUT2D eigenvalue weighted by Crippen LogP contribution is 2.18. The molecule has 0 saturated carbocycles. The minimum atomic E-state index is 0.124. The van der Waals surface area contributed by atoms with Gasteiger partial charge >= 0.3 is 0 Å². The van der Waals surface area contributed by atoms with Crippen LogP contribution >= 0.6 is 11.8 Å². The van der Waals surface area contributed by atoms with Gasteiger partial charge in [-0.3, -0.25) is 9.48 Å². The highest BCUT2D eigenvalue weighted by Gasteiger charge is 2.08. The molecule has 0 fully saturated rings. The second kappa shape index (κ2) is 5.68. The van der Waals surface area contributed by atoms with Crippen molar-refractivity contribution < 1.29 is 4.79 Å². The van der Waals surface area contributed by atoms with Crippen LogP contribution in [0.25, 0.3) is 0 Å². The number of aromatic nitrogens is 2. The Bertz CT molecular complexity index is 493. The Kier molecular flexibility index (Phi) is 3.98. The maximum absolute atomic E-state index is 11.9. The van der Waals surface area contributed by atoms with Crippen molar-refractivity contribution in [2.75, 3.05) is 5.75 Å². The Balaban J connectivity index is 1.93. The molecule has 17 heavy (non-hydrogen) atoms. The van der Waals surface area contributed by atoms with E-state index in [1.165, 1.54) is 0 Å². The lowest BCUT2D eigenvalue weighted by atomic mass is 10.3. The van der Waals surface area contributed by atoms with Crippen molar-refractivity contribution in [2.45, 2.75) is 18.4 Å². The van der Waals surface area contributed by atoms with Gasteiger partial charge in [-0.05, 0) is 19.1 Å². The second-order valence-electron chi connectivity index (χ2n) is 3.61. The van der Waals surface area contributed by atoms with Gasteiger partial charge < -0.3 is 0 Å². The molecule has 0 aliphatic rings. The Morgan fingerprint density at radius 1 is 1.35 bits per heavy atom. The molecule has 2 aromatic rings. The molecule has 88 valence electrons. The van der Waals surface area contributed by atoms with Gasteiger partial charge in [0.1, 0.15) is 0 Å². The van der Waals surface area contributed by atoms with Crippen LogP contribution in [0.5, 0.6) is 0 Å². The molecule has 3 nitrogen and oxygen atoms in total. The van der Waals surface area contributed by atoms with E-state index in [4.69, 9.17) is 0 Å². The first-order valence-electron chi connectivity index (χ1n) is 5.53. The number of nitrogens with zero attached hydrogens (tertiary/aromatic N) is 2. The first kappa shape index (κ1) is 11.9. The van der Waals surface area contributed by atoms with Crippen molar-refractivity contribution in [3.63, 3.8) is 0 Å². The summed E-state index contributed by atoms with van der Waals surface area (Å²) in [6.07, 6.45) is 3.44. The Labute approximate surface area is 105 Å². The van der Waals surface area contributed by atoms with Crippen LogP contribution in [0, 0.1) is 0 Å². The normalized spacial score (nSPS) is 10.4. The highest BCUT2D eigenvalue weighted by molar-refractivity contribution is 8.00. The van der Waals surface area contributed by atoms with Crippen molar-refractivity contribution in [1.29, 1.82) is 0 Å². The van der Waals surface area contributed by atoms with Crippen LogP contribution in [0.2, 0.25) is 0 Å². The van der Waals surface area contributed by atoms with Gasteiger partial charge in [0.25, 0.3) is 0 Å². The summed E-state index contributed by atoms with van der Waals surface area (Å²) in [5.41, 5.74) is 0.690. The van der Waals surface area contributed by atoms with E-state index in [-0.39, 0.29) is 5.78 Å². The van der Waals surface area contributed by atoms with E-state index in [0.717, 1.165) is 11.4 Å². The molecule has 1 aromatic heterocycles. The van der Waals surface area contributed by atoms with Crippen molar-refractivity contribution in [1.82, 2.24) is 9.78 Å². The van der Waals surface area contributed by atoms with Crippen LogP contribution in [0.3, 0.4) is 0 Å². The molecule has 4 heteroatoms. The molecule has 0 aliphatic heterocycles. The molecule has 0 atom stereocenters. The molecule has 0 aliphatic carbocycles. The Morgan fingerprint density at radius 3 is 2.76 bits per heavy atom. The fourth-order valence-electron chi connectivity index (χ4n) is 1.43. The van der Waals surface area contributed by atoms with E-state index in [0.29, 0.717) is 11.3 Å². The molecule has 0 unspecified atom stereocenters. The van der Waals surface area contributed by atoms with Crippen LogP contribution in [-0.4, -0.2) is 21.3 Å². The van der Waals surface area contributed by atoms with Gasteiger partial charge in [0.2, 0.25) is 0 Å². The number of aryl methyl sites for hydroxylation is 1. The van der Waals surface area contributed by atoms with Gasteiger partial charge in [-0.2, -0.15) is 5.10 Å². The van der Waals surface area contributed by atoms with Gasteiger partial charge in [0.15, 0.2) is 5.78 Å². The van der Waals surface area contributed by atoms with Crippen LogP contribution in [0.15, 0.2) is 47.6 Å². The lowest BCUT2D eigenvalue weighted by Gasteiger charge is -1.99. The third-order valence-electron chi connectivity index (χ3n) is 2.39. The number of carbonyl (C=O) groups excluding carboxylic acids is 1. The molecule has 0 saturated heterocycles. The van der Waals surface area contributed by atoms with Crippen molar-refractivity contribution >= 4 is 17.5 Å². The molecule has 0 bridgehead atoms. The topological polar surface area (TPSA) is 34.9 Å². The van der Waals surface area contributed by atoms with E-state index in [1.54, 1.807) is 28.8 Å². The summed E-state index contributed by atoms with van der Waals surface area (Å²) in [5, 5.41) is 4.10. The third-order valence-corrected chi connectivity index (χ3v) is 3.40. The molecule has 1 aromatic carbocycles. The number of ketones is 1. The first-order valence-corrected chi connectivity index (χ1v) is 6.51. The Morgan fingerprint density at radius 2 is 2.12 bits per heavy atom.